The van der Waals surface area contributed by atoms with E-state index >= 15 is 0 Å². The van der Waals surface area contributed by atoms with E-state index in [2.05, 4.69) is 5.32 Å². The van der Waals surface area contributed by atoms with E-state index in [0.29, 0.717) is 9.87 Å². The van der Waals surface area contributed by atoms with Crippen LogP contribution in [0.5, 0.6) is 0 Å². The van der Waals surface area contributed by atoms with Crippen LogP contribution in [0.4, 0.5) is 9.80 Å². The fourth-order valence-electron chi connectivity index (χ4n) is 1.87. The van der Waals surface area contributed by atoms with Gasteiger partial charge >= 0.3 is 12.0 Å². The number of urea groups is 1. The van der Waals surface area contributed by atoms with Crippen molar-refractivity contribution in [3.8, 4) is 0 Å². The normalized spacial score (nSPS) is 17.1. The number of ether oxygens (including phenoxy) is 1. The number of esters is 1. The molecule has 0 atom stereocenters. The Morgan fingerprint density at radius 3 is 2.62 bits per heavy atom. The molecule has 1 N–H and O–H groups in total. The molecular formula is C12H16N2O5S2. The number of fused-ring (bicyclic) bond motifs is 1. The van der Waals surface area contributed by atoms with E-state index in [0.717, 1.165) is 11.3 Å². The van der Waals surface area contributed by atoms with E-state index < -0.39 is 34.2 Å². The second kappa shape index (κ2) is 4.99. The summed E-state index contributed by atoms with van der Waals surface area (Å²) in [6.45, 7) is 5.97. The molecule has 0 saturated carbocycles. The molecule has 2 heterocycles. The summed E-state index contributed by atoms with van der Waals surface area (Å²) in [7, 11) is -4.04. The van der Waals surface area contributed by atoms with Crippen LogP contribution in [-0.4, -0.2) is 36.9 Å². The molecular weight excluding hydrogens is 316 g/mol. The Kier molecular flexibility index (Phi) is 3.75. The molecule has 0 spiro atoms. The average Bonchev–Trinajstić information content (AvgIpc) is 2.64. The minimum atomic E-state index is -4.04. The third kappa shape index (κ3) is 3.03. The monoisotopic (exact) mass is 332 g/mol. The van der Waals surface area contributed by atoms with Crippen LogP contribution in [-0.2, 0) is 19.6 Å². The average molecular weight is 332 g/mol. The molecule has 1 aliphatic heterocycles. The number of hydrogen-bond donors (Lipinski definition) is 1. The van der Waals surface area contributed by atoms with Gasteiger partial charge in [0, 0.05) is 0 Å². The number of thiophene rings is 1. The van der Waals surface area contributed by atoms with Crippen molar-refractivity contribution in [3.63, 3.8) is 0 Å². The summed E-state index contributed by atoms with van der Waals surface area (Å²) in [4.78, 5) is 23.7. The highest BCUT2D eigenvalue weighted by molar-refractivity contribution is 7.90. The third-order valence-electron chi connectivity index (χ3n) is 2.61. The summed E-state index contributed by atoms with van der Waals surface area (Å²) in [6.07, 6.45) is 0. The summed E-state index contributed by atoms with van der Waals surface area (Å²) in [5, 5.41) is 4.39. The maximum atomic E-state index is 12.5. The van der Waals surface area contributed by atoms with Crippen molar-refractivity contribution >= 4 is 38.4 Å². The number of amides is 2. The van der Waals surface area contributed by atoms with Crippen LogP contribution in [0.1, 0.15) is 26.3 Å². The van der Waals surface area contributed by atoms with Gasteiger partial charge in [-0.25, -0.2) is 17.5 Å². The first kappa shape index (κ1) is 15.8. The lowest BCUT2D eigenvalue weighted by atomic mass is 10.2. The van der Waals surface area contributed by atoms with Crippen LogP contribution in [0.2, 0.25) is 0 Å². The van der Waals surface area contributed by atoms with Gasteiger partial charge in [-0.3, -0.25) is 10.1 Å². The summed E-state index contributed by atoms with van der Waals surface area (Å²) >= 11 is 1.14. The molecule has 9 heteroatoms. The molecule has 1 aromatic rings. The molecule has 0 radical (unpaired) electrons. The van der Waals surface area contributed by atoms with Gasteiger partial charge in [-0.05, 0) is 38.6 Å². The van der Waals surface area contributed by atoms with Crippen molar-refractivity contribution in [2.75, 3.05) is 11.9 Å². The Labute approximate surface area is 126 Å². The Hall–Kier alpha value is -1.61. The van der Waals surface area contributed by atoms with Crippen LogP contribution in [0.3, 0.4) is 0 Å². The predicted octanol–water partition coefficient (Wildman–Crippen LogP) is 1.93. The first-order chi connectivity index (χ1) is 9.52. The molecule has 116 valence electrons. The van der Waals surface area contributed by atoms with Crippen molar-refractivity contribution in [1.82, 2.24) is 4.31 Å². The Morgan fingerprint density at radius 2 is 2.05 bits per heavy atom. The molecule has 21 heavy (non-hydrogen) atoms. The largest absolute Gasteiger partial charge is 0.459 e. The summed E-state index contributed by atoms with van der Waals surface area (Å²) < 4.78 is 30.5. The minimum Gasteiger partial charge on any atom is -0.459 e. The molecule has 7 nitrogen and oxygen atoms in total. The fraction of sp³-hybridized carbons (Fsp3) is 0.500. The molecule has 2 rings (SSSR count). The molecule has 0 aliphatic carbocycles. The number of carbonyl (C=O) groups is 2. The van der Waals surface area contributed by atoms with Gasteiger partial charge in [-0.15, -0.1) is 11.3 Å². The van der Waals surface area contributed by atoms with Gasteiger partial charge in [0.25, 0.3) is 10.0 Å². The second-order valence-electron chi connectivity index (χ2n) is 5.61. The highest BCUT2D eigenvalue weighted by Crippen LogP contribution is 2.37. The zero-order valence-corrected chi connectivity index (χ0v) is 13.7. The highest BCUT2D eigenvalue weighted by atomic mass is 32.2. The summed E-state index contributed by atoms with van der Waals surface area (Å²) in [5.74, 6) is -0.780. The highest BCUT2D eigenvalue weighted by Gasteiger charge is 2.40. The van der Waals surface area contributed by atoms with Crippen LogP contribution >= 0.6 is 11.3 Å². The molecule has 0 unspecified atom stereocenters. The molecule has 1 aliphatic rings. The molecule has 0 aromatic carbocycles. The van der Waals surface area contributed by atoms with Gasteiger partial charge < -0.3 is 4.74 Å². The van der Waals surface area contributed by atoms with Crippen molar-refractivity contribution in [3.05, 3.63) is 10.9 Å². The first-order valence-electron chi connectivity index (χ1n) is 6.16. The number of rotatable bonds is 2. The SMILES string of the molecule is Cc1csc2c1S(=O)(=O)N(CC(=O)OC(C)(C)C)C(=O)N2. The van der Waals surface area contributed by atoms with Crippen LogP contribution in [0.25, 0.3) is 0 Å². The lowest BCUT2D eigenvalue weighted by molar-refractivity contribution is -0.154. The Morgan fingerprint density at radius 1 is 1.43 bits per heavy atom. The summed E-state index contributed by atoms with van der Waals surface area (Å²) in [6, 6.07) is -0.852. The quantitative estimate of drug-likeness (QED) is 0.835. The van der Waals surface area contributed by atoms with Crippen molar-refractivity contribution in [2.24, 2.45) is 0 Å². The van der Waals surface area contributed by atoms with E-state index in [1.54, 1.807) is 33.1 Å². The molecule has 1 aromatic heterocycles. The van der Waals surface area contributed by atoms with E-state index in [-0.39, 0.29) is 9.90 Å². The maximum Gasteiger partial charge on any atom is 0.336 e. The number of hydrogen-bond acceptors (Lipinski definition) is 6. The first-order valence-corrected chi connectivity index (χ1v) is 8.48. The van der Waals surface area contributed by atoms with E-state index in [9.17, 15) is 18.0 Å². The van der Waals surface area contributed by atoms with Gasteiger partial charge in [-0.2, -0.15) is 0 Å². The number of nitrogens with zero attached hydrogens (tertiary/aromatic N) is 1. The van der Waals surface area contributed by atoms with Gasteiger partial charge in [0.05, 0.1) is 0 Å². The van der Waals surface area contributed by atoms with Gasteiger partial charge in [0.2, 0.25) is 0 Å². The van der Waals surface area contributed by atoms with Crippen LogP contribution < -0.4 is 5.32 Å². The third-order valence-corrected chi connectivity index (χ3v) is 5.67. The zero-order valence-electron chi connectivity index (χ0n) is 12.1. The predicted molar refractivity (Wildman–Crippen MR) is 77.8 cm³/mol. The van der Waals surface area contributed by atoms with Gasteiger partial charge in [0.15, 0.2) is 0 Å². The maximum absolute atomic E-state index is 12.5. The minimum absolute atomic E-state index is 0.0376. The lowest BCUT2D eigenvalue weighted by Gasteiger charge is -2.28. The number of nitrogens with one attached hydrogen (secondary N) is 1. The Balaban J connectivity index is 2.31. The second-order valence-corrected chi connectivity index (χ2v) is 8.28. The number of anilines is 1. The Bertz CT molecular complexity index is 700. The molecule has 0 fully saturated rings. The van der Waals surface area contributed by atoms with Crippen molar-refractivity contribution in [1.29, 1.82) is 0 Å². The molecule has 0 bridgehead atoms. The van der Waals surface area contributed by atoms with Crippen LogP contribution in [0.15, 0.2) is 10.3 Å². The fourth-order valence-corrected chi connectivity index (χ4v) is 4.74. The zero-order chi connectivity index (χ0) is 16.0. The number of carbonyl (C=O) groups excluding carboxylic acids is 2. The lowest BCUT2D eigenvalue weighted by Crippen LogP contribution is -2.47. The number of sulfonamides is 1. The molecule has 0 saturated heterocycles. The topological polar surface area (TPSA) is 92.8 Å². The smallest absolute Gasteiger partial charge is 0.336 e. The molecule has 2 amide bonds. The van der Waals surface area contributed by atoms with Crippen molar-refractivity contribution in [2.45, 2.75) is 38.2 Å². The van der Waals surface area contributed by atoms with Gasteiger partial charge in [-0.1, -0.05) is 0 Å². The standard InChI is InChI=1S/C12H16N2O5S2/c1-7-6-20-10-9(7)21(17,18)14(11(16)13-10)5-8(15)19-12(2,3)4/h6H,5H2,1-4H3,(H,13,16). The van der Waals surface area contributed by atoms with E-state index in [1.807, 2.05) is 0 Å². The summed E-state index contributed by atoms with van der Waals surface area (Å²) in [5.41, 5.74) is -0.222. The van der Waals surface area contributed by atoms with E-state index in [4.69, 9.17) is 4.74 Å². The van der Waals surface area contributed by atoms with Gasteiger partial charge in [0.1, 0.15) is 22.0 Å². The number of aryl methyl sites for hydroxylation is 1. The van der Waals surface area contributed by atoms with E-state index in [1.165, 1.54) is 0 Å². The van der Waals surface area contributed by atoms with Crippen LogP contribution in [0, 0.1) is 6.92 Å². The van der Waals surface area contributed by atoms with Crippen molar-refractivity contribution < 1.29 is 22.7 Å².